The molecule has 0 N–H and O–H groups in total. The molecular formula is C16H19BO4. The zero-order chi connectivity index (χ0) is 15.0. The molecule has 21 heavy (non-hydrogen) atoms. The number of carbonyl (C=O) groups is 1. The molecule has 1 aromatic rings. The molecule has 2 fully saturated rings. The van der Waals surface area contributed by atoms with E-state index >= 15 is 0 Å². The van der Waals surface area contributed by atoms with E-state index in [0.717, 1.165) is 5.56 Å². The van der Waals surface area contributed by atoms with E-state index in [1.54, 1.807) is 0 Å². The number of benzene rings is 1. The van der Waals surface area contributed by atoms with Crippen LogP contribution in [0.3, 0.4) is 0 Å². The van der Waals surface area contributed by atoms with Crippen molar-refractivity contribution in [3.8, 4) is 0 Å². The zero-order valence-electron chi connectivity index (χ0n) is 12.3. The maximum atomic E-state index is 12.2. The smallest absolute Gasteiger partial charge is 0.309 e. The van der Waals surface area contributed by atoms with Crippen molar-refractivity contribution >= 4 is 13.8 Å². The highest BCUT2D eigenvalue weighted by atomic mass is 16.6. The molecule has 3 rings (SSSR count). The van der Waals surface area contributed by atoms with E-state index in [4.69, 9.17) is 22.1 Å². The van der Waals surface area contributed by atoms with Gasteiger partial charge in [0.2, 0.25) is 0 Å². The Bertz CT molecular complexity index is 520. The number of fused-ring (bicyclic) bond motifs is 2. The first-order valence-corrected chi connectivity index (χ1v) is 7.31. The van der Waals surface area contributed by atoms with E-state index in [0.29, 0.717) is 0 Å². The van der Waals surface area contributed by atoms with E-state index < -0.39 is 11.6 Å². The molecule has 0 spiro atoms. The van der Waals surface area contributed by atoms with Gasteiger partial charge in [0.1, 0.15) is 20.1 Å². The number of esters is 1. The van der Waals surface area contributed by atoms with Crippen LogP contribution in [0.4, 0.5) is 0 Å². The molecule has 2 bridgehead atoms. The first-order valence-electron chi connectivity index (χ1n) is 7.31. The van der Waals surface area contributed by atoms with Gasteiger partial charge in [-0.15, -0.1) is 0 Å². The average Bonchev–Trinajstić information content (AvgIpc) is 2.84. The maximum absolute atomic E-state index is 12.2. The first-order chi connectivity index (χ1) is 10.0. The van der Waals surface area contributed by atoms with Gasteiger partial charge in [-0.2, -0.15) is 0 Å². The SMILES string of the molecule is [B][C@@H]1O[C@@]2(CC(=O)OCc3ccccc3)[C@H](C)OC1[C@H]2C. The molecule has 5 atom stereocenters. The lowest BCUT2D eigenvalue weighted by Crippen LogP contribution is -2.46. The van der Waals surface area contributed by atoms with Crippen LogP contribution in [0.2, 0.25) is 0 Å². The lowest BCUT2D eigenvalue weighted by molar-refractivity contribution is -0.175. The Hall–Kier alpha value is -1.33. The van der Waals surface area contributed by atoms with Gasteiger partial charge in [-0.1, -0.05) is 37.3 Å². The summed E-state index contributed by atoms with van der Waals surface area (Å²) in [4.78, 5) is 12.2. The normalized spacial score (nSPS) is 37.6. The molecule has 2 aliphatic heterocycles. The molecule has 110 valence electrons. The number of carbonyl (C=O) groups excluding carboxylic acids is 1. The van der Waals surface area contributed by atoms with Gasteiger partial charge in [-0.05, 0) is 12.5 Å². The molecule has 2 saturated heterocycles. The Morgan fingerprint density at radius 3 is 2.67 bits per heavy atom. The Balaban J connectivity index is 1.62. The van der Waals surface area contributed by atoms with Gasteiger partial charge < -0.3 is 14.2 Å². The summed E-state index contributed by atoms with van der Waals surface area (Å²) in [5, 5.41) is 0. The monoisotopic (exact) mass is 286 g/mol. The molecule has 2 heterocycles. The minimum atomic E-state index is -0.655. The summed E-state index contributed by atoms with van der Waals surface area (Å²) in [6, 6.07) is 9.15. The molecule has 5 heteroatoms. The van der Waals surface area contributed by atoms with Crippen LogP contribution in [-0.2, 0) is 25.6 Å². The van der Waals surface area contributed by atoms with Gasteiger partial charge in [-0.3, -0.25) is 4.79 Å². The Kier molecular flexibility index (Phi) is 3.80. The Morgan fingerprint density at radius 2 is 2.05 bits per heavy atom. The summed E-state index contributed by atoms with van der Waals surface area (Å²) >= 11 is 0. The Labute approximate surface area is 126 Å². The lowest BCUT2D eigenvalue weighted by atomic mass is 9.82. The molecule has 1 unspecified atom stereocenters. The van der Waals surface area contributed by atoms with E-state index in [1.165, 1.54) is 0 Å². The quantitative estimate of drug-likeness (QED) is 0.625. The van der Waals surface area contributed by atoms with E-state index in [1.807, 2.05) is 44.2 Å². The molecular weight excluding hydrogens is 267 g/mol. The Morgan fingerprint density at radius 1 is 1.33 bits per heavy atom. The van der Waals surface area contributed by atoms with Crippen LogP contribution in [0.5, 0.6) is 0 Å². The lowest BCUT2D eigenvalue weighted by Gasteiger charge is -2.35. The van der Waals surface area contributed by atoms with Crippen LogP contribution in [0.1, 0.15) is 25.8 Å². The van der Waals surface area contributed by atoms with E-state index in [9.17, 15) is 4.79 Å². The topological polar surface area (TPSA) is 44.8 Å². The zero-order valence-corrected chi connectivity index (χ0v) is 12.3. The van der Waals surface area contributed by atoms with Crippen molar-refractivity contribution in [3.05, 3.63) is 35.9 Å². The highest BCUT2D eigenvalue weighted by molar-refractivity contribution is 6.11. The predicted octanol–water partition coefficient (Wildman–Crippen LogP) is 1.81. The second-order valence-corrected chi connectivity index (χ2v) is 5.89. The maximum Gasteiger partial charge on any atom is 0.309 e. The van der Waals surface area contributed by atoms with Crippen LogP contribution < -0.4 is 0 Å². The second kappa shape index (κ2) is 5.46. The summed E-state index contributed by atoms with van der Waals surface area (Å²) in [6.07, 6.45) is -0.115. The van der Waals surface area contributed by atoms with Crippen molar-refractivity contribution in [3.63, 3.8) is 0 Å². The van der Waals surface area contributed by atoms with Gasteiger partial charge in [0.15, 0.2) is 0 Å². The van der Waals surface area contributed by atoms with Crippen molar-refractivity contribution in [1.29, 1.82) is 0 Å². The van der Waals surface area contributed by atoms with E-state index in [2.05, 4.69) is 0 Å². The molecule has 1 aromatic carbocycles. The summed E-state index contributed by atoms with van der Waals surface area (Å²) in [5.41, 5.74) is 0.312. The van der Waals surface area contributed by atoms with Crippen LogP contribution in [-0.4, -0.2) is 37.6 Å². The first kappa shape index (κ1) is 14.6. The third-order valence-electron chi connectivity index (χ3n) is 4.66. The molecule has 0 amide bonds. The van der Waals surface area contributed by atoms with Crippen molar-refractivity contribution < 1.29 is 19.0 Å². The summed E-state index contributed by atoms with van der Waals surface area (Å²) in [7, 11) is 5.90. The molecule has 0 aromatic heterocycles. The fourth-order valence-electron chi connectivity index (χ4n) is 3.36. The van der Waals surface area contributed by atoms with Gasteiger partial charge in [0.25, 0.3) is 0 Å². The van der Waals surface area contributed by atoms with Gasteiger partial charge in [0, 0.05) is 11.9 Å². The molecule has 4 nitrogen and oxygen atoms in total. The van der Waals surface area contributed by atoms with Gasteiger partial charge >= 0.3 is 5.97 Å². The van der Waals surface area contributed by atoms with Crippen molar-refractivity contribution in [1.82, 2.24) is 0 Å². The summed E-state index contributed by atoms with van der Waals surface area (Å²) < 4.78 is 17.0. The van der Waals surface area contributed by atoms with Crippen LogP contribution >= 0.6 is 0 Å². The minimum absolute atomic E-state index is 0.0896. The van der Waals surface area contributed by atoms with Crippen LogP contribution in [0.15, 0.2) is 30.3 Å². The standard InChI is InChI=1S/C16H19BO4/c1-10-14-15(17)21-16(10,11(2)20-14)8-13(18)19-9-12-6-4-3-5-7-12/h3-7,10-11,14-15H,8-9H2,1-2H3/t10-,11+,14?,15-,16-/m1/s1. The second-order valence-electron chi connectivity index (χ2n) is 5.89. The van der Waals surface area contributed by atoms with Crippen molar-refractivity contribution in [2.24, 2.45) is 5.92 Å². The number of rotatable bonds is 4. The number of hydrogen-bond donors (Lipinski definition) is 0. The third kappa shape index (κ3) is 2.49. The molecule has 0 aliphatic carbocycles. The highest BCUT2D eigenvalue weighted by Crippen LogP contribution is 2.49. The molecule has 2 radical (unpaired) electrons. The van der Waals surface area contributed by atoms with Gasteiger partial charge in [0.05, 0.1) is 18.6 Å². The third-order valence-corrected chi connectivity index (χ3v) is 4.66. The van der Waals surface area contributed by atoms with Crippen LogP contribution in [0.25, 0.3) is 0 Å². The fourth-order valence-corrected chi connectivity index (χ4v) is 3.36. The van der Waals surface area contributed by atoms with Gasteiger partial charge in [-0.25, -0.2) is 0 Å². The fraction of sp³-hybridized carbons (Fsp3) is 0.562. The highest BCUT2D eigenvalue weighted by Gasteiger charge is 2.62. The molecule has 2 aliphatic rings. The predicted molar refractivity (Wildman–Crippen MR) is 77.7 cm³/mol. The number of hydrogen-bond acceptors (Lipinski definition) is 4. The largest absolute Gasteiger partial charge is 0.461 e. The number of ether oxygens (including phenoxy) is 3. The van der Waals surface area contributed by atoms with Crippen molar-refractivity contribution in [2.75, 3.05) is 0 Å². The van der Waals surface area contributed by atoms with E-state index in [-0.39, 0.29) is 37.1 Å². The summed E-state index contributed by atoms with van der Waals surface area (Å²) in [5.74, 6) is -0.192. The van der Waals surface area contributed by atoms with Crippen LogP contribution in [0, 0.1) is 5.92 Å². The molecule has 0 saturated carbocycles. The minimum Gasteiger partial charge on any atom is -0.461 e. The van der Waals surface area contributed by atoms with Crippen molar-refractivity contribution in [2.45, 2.75) is 50.7 Å². The summed E-state index contributed by atoms with van der Waals surface area (Å²) in [6.45, 7) is 4.22. The average molecular weight is 286 g/mol.